The highest BCUT2D eigenvalue weighted by Gasteiger charge is 2.34. The first kappa shape index (κ1) is 17.5. The molecule has 8 nitrogen and oxygen atoms in total. The fourth-order valence-corrected chi connectivity index (χ4v) is 1.81. The Bertz CT molecular complexity index is 312. The molecule has 0 aromatic carbocycles. The van der Waals surface area contributed by atoms with Crippen LogP contribution in [0.3, 0.4) is 0 Å². The first-order valence-electron chi connectivity index (χ1n) is 5.91. The standard InChI is InChI=1S/C10H20N2O3.CH3NO2/c1-10(2,3)12-5-4-8(7(13)6-12)15-9(11)14;2-1(3)4/h7-8,13H,4-6H2,1-3H3,(H2,11,14);2H2,(H,3,4)/t7-,8+;/m1./s1. The zero-order valence-corrected chi connectivity index (χ0v) is 11.5. The third-order valence-corrected chi connectivity index (χ3v) is 2.74. The summed E-state index contributed by atoms with van der Waals surface area (Å²) in [6.07, 6.45) is -2.63. The van der Waals surface area contributed by atoms with E-state index in [1.54, 1.807) is 0 Å². The fourth-order valence-electron chi connectivity index (χ4n) is 1.81. The number of nitrogens with two attached hydrogens (primary N) is 2. The van der Waals surface area contributed by atoms with Crippen LogP contribution >= 0.6 is 0 Å². The van der Waals surface area contributed by atoms with Gasteiger partial charge in [-0.3, -0.25) is 4.90 Å². The van der Waals surface area contributed by atoms with Crippen LogP contribution in [0.25, 0.3) is 0 Å². The maximum atomic E-state index is 10.6. The molecule has 1 aliphatic heterocycles. The summed E-state index contributed by atoms with van der Waals surface area (Å²) < 4.78 is 4.83. The quantitative estimate of drug-likeness (QED) is 0.529. The average molecular weight is 277 g/mol. The van der Waals surface area contributed by atoms with Gasteiger partial charge in [-0.1, -0.05) is 0 Å². The Morgan fingerprint density at radius 1 is 1.32 bits per heavy atom. The summed E-state index contributed by atoms with van der Waals surface area (Å²) in [5, 5.41) is 17.0. The van der Waals surface area contributed by atoms with Gasteiger partial charge < -0.3 is 26.4 Å². The normalized spacial score (nSPS) is 24.0. The summed E-state index contributed by atoms with van der Waals surface area (Å²) in [4.78, 5) is 21.5. The van der Waals surface area contributed by atoms with Crippen molar-refractivity contribution in [1.29, 1.82) is 0 Å². The summed E-state index contributed by atoms with van der Waals surface area (Å²) in [6, 6.07) is 0. The number of hydrogen-bond acceptors (Lipinski definition) is 5. The van der Waals surface area contributed by atoms with Crippen molar-refractivity contribution in [2.75, 3.05) is 13.1 Å². The second-order valence-electron chi connectivity index (χ2n) is 5.29. The zero-order chi connectivity index (χ0) is 15.2. The molecule has 0 aliphatic carbocycles. The van der Waals surface area contributed by atoms with E-state index in [0.29, 0.717) is 13.0 Å². The first-order chi connectivity index (χ1) is 8.54. The van der Waals surface area contributed by atoms with Crippen LogP contribution in [0.1, 0.15) is 27.2 Å². The van der Waals surface area contributed by atoms with E-state index in [0.717, 1.165) is 6.54 Å². The topological polar surface area (TPSA) is 139 Å². The molecule has 0 unspecified atom stereocenters. The lowest BCUT2D eigenvalue weighted by molar-refractivity contribution is -0.0640. The number of aliphatic hydroxyl groups excluding tert-OH is 1. The number of ether oxygens (including phenoxy) is 1. The SMILES string of the molecule is CC(C)(C)N1CC[C@H](OC(N)=O)[C@H](O)C1.NC(=O)O. The van der Waals surface area contributed by atoms with Crippen molar-refractivity contribution in [2.24, 2.45) is 11.5 Å². The number of piperidine rings is 1. The number of carbonyl (C=O) groups excluding carboxylic acids is 1. The molecular formula is C11H23N3O5. The maximum Gasteiger partial charge on any atom is 0.404 e. The van der Waals surface area contributed by atoms with Gasteiger partial charge in [-0.15, -0.1) is 0 Å². The molecule has 112 valence electrons. The molecule has 19 heavy (non-hydrogen) atoms. The Hall–Kier alpha value is -1.54. The van der Waals surface area contributed by atoms with E-state index >= 15 is 0 Å². The molecule has 0 radical (unpaired) electrons. The van der Waals surface area contributed by atoms with Gasteiger partial charge in [0.2, 0.25) is 0 Å². The summed E-state index contributed by atoms with van der Waals surface area (Å²) in [5.74, 6) is 0. The lowest BCUT2D eigenvalue weighted by Gasteiger charge is -2.42. The summed E-state index contributed by atoms with van der Waals surface area (Å²) in [5.41, 5.74) is 8.97. The van der Waals surface area contributed by atoms with Gasteiger partial charge in [-0.2, -0.15) is 0 Å². The largest absolute Gasteiger partial charge is 0.465 e. The van der Waals surface area contributed by atoms with Gasteiger partial charge in [0.25, 0.3) is 0 Å². The van der Waals surface area contributed by atoms with Gasteiger partial charge in [0.1, 0.15) is 12.2 Å². The second kappa shape index (κ2) is 7.15. The monoisotopic (exact) mass is 277 g/mol. The number of β-amino-alcohol motifs (C(OH)–C–C–N with tert-alkyl or cyclic N) is 1. The summed E-state index contributed by atoms with van der Waals surface area (Å²) >= 11 is 0. The number of hydrogen-bond donors (Lipinski definition) is 4. The molecule has 8 heteroatoms. The third kappa shape index (κ3) is 7.47. The molecule has 1 heterocycles. The van der Waals surface area contributed by atoms with Crippen LogP contribution in [0.4, 0.5) is 9.59 Å². The predicted octanol–water partition coefficient (Wildman–Crippen LogP) is -0.0615. The highest BCUT2D eigenvalue weighted by atomic mass is 16.6. The fraction of sp³-hybridized carbons (Fsp3) is 0.818. The third-order valence-electron chi connectivity index (χ3n) is 2.74. The Morgan fingerprint density at radius 3 is 2.11 bits per heavy atom. The minimum Gasteiger partial charge on any atom is -0.465 e. The van der Waals surface area contributed by atoms with Crippen molar-refractivity contribution < 1.29 is 24.5 Å². The Labute approximate surface area is 112 Å². The zero-order valence-electron chi connectivity index (χ0n) is 11.5. The number of likely N-dealkylation sites (tertiary alicyclic amines) is 1. The van der Waals surface area contributed by atoms with Gasteiger partial charge in [0.15, 0.2) is 0 Å². The molecule has 0 spiro atoms. The van der Waals surface area contributed by atoms with E-state index in [2.05, 4.69) is 31.4 Å². The van der Waals surface area contributed by atoms with Gasteiger partial charge in [0, 0.05) is 18.6 Å². The van der Waals surface area contributed by atoms with Gasteiger partial charge in [0.05, 0.1) is 0 Å². The number of primary amides is 2. The van der Waals surface area contributed by atoms with Crippen molar-refractivity contribution in [3.05, 3.63) is 0 Å². The smallest absolute Gasteiger partial charge is 0.404 e. The van der Waals surface area contributed by atoms with E-state index in [9.17, 15) is 9.90 Å². The summed E-state index contributed by atoms with van der Waals surface area (Å²) in [6.45, 7) is 7.60. The van der Waals surface area contributed by atoms with Gasteiger partial charge >= 0.3 is 12.2 Å². The number of aliphatic hydroxyl groups is 1. The molecule has 6 N–H and O–H groups in total. The highest BCUT2D eigenvalue weighted by Crippen LogP contribution is 2.21. The second-order valence-corrected chi connectivity index (χ2v) is 5.29. The minimum atomic E-state index is -1.33. The van der Waals surface area contributed by atoms with Crippen LogP contribution in [0.5, 0.6) is 0 Å². The number of amides is 2. The van der Waals surface area contributed by atoms with E-state index < -0.39 is 24.4 Å². The van der Waals surface area contributed by atoms with E-state index in [-0.39, 0.29) is 5.54 Å². The Kier molecular flexibility index (Phi) is 6.57. The molecule has 1 rings (SSSR count). The van der Waals surface area contributed by atoms with Crippen LogP contribution in [-0.4, -0.2) is 58.1 Å². The van der Waals surface area contributed by atoms with Crippen molar-refractivity contribution >= 4 is 12.2 Å². The predicted molar refractivity (Wildman–Crippen MR) is 68.6 cm³/mol. The number of rotatable bonds is 1. The molecule has 2 atom stereocenters. The van der Waals surface area contributed by atoms with Crippen LogP contribution in [0.15, 0.2) is 0 Å². The molecule has 1 fully saturated rings. The maximum absolute atomic E-state index is 10.6. The molecule has 2 amide bonds. The molecule has 0 aromatic heterocycles. The van der Waals surface area contributed by atoms with Crippen LogP contribution in [0, 0.1) is 0 Å². The Morgan fingerprint density at radius 2 is 1.79 bits per heavy atom. The number of carboxylic acid groups (broad SMARTS) is 1. The molecular weight excluding hydrogens is 254 g/mol. The van der Waals surface area contributed by atoms with Gasteiger partial charge in [-0.25, -0.2) is 9.59 Å². The minimum absolute atomic E-state index is 0.0265. The summed E-state index contributed by atoms with van der Waals surface area (Å²) in [7, 11) is 0. The lowest BCUT2D eigenvalue weighted by atomic mass is 9.98. The average Bonchev–Trinajstić information content (AvgIpc) is 2.17. The van der Waals surface area contributed by atoms with Crippen LogP contribution in [0.2, 0.25) is 0 Å². The van der Waals surface area contributed by atoms with Crippen molar-refractivity contribution in [3.63, 3.8) is 0 Å². The highest BCUT2D eigenvalue weighted by molar-refractivity contribution is 5.64. The van der Waals surface area contributed by atoms with E-state index in [1.807, 2.05) is 0 Å². The van der Waals surface area contributed by atoms with Crippen LogP contribution < -0.4 is 11.5 Å². The Balaban J connectivity index is 0.000000711. The van der Waals surface area contributed by atoms with E-state index in [4.69, 9.17) is 20.4 Å². The van der Waals surface area contributed by atoms with Crippen molar-refractivity contribution in [2.45, 2.75) is 44.9 Å². The van der Waals surface area contributed by atoms with Crippen molar-refractivity contribution in [1.82, 2.24) is 4.90 Å². The molecule has 1 aliphatic rings. The lowest BCUT2D eigenvalue weighted by Crippen LogP contribution is -2.54. The molecule has 1 saturated heterocycles. The molecule has 0 bridgehead atoms. The molecule has 0 aromatic rings. The van der Waals surface area contributed by atoms with Gasteiger partial charge in [-0.05, 0) is 27.2 Å². The first-order valence-corrected chi connectivity index (χ1v) is 5.91. The number of carbonyl (C=O) groups is 2. The number of nitrogens with zero attached hydrogens (tertiary/aromatic N) is 1. The van der Waals surface area contributed by atoms with Crippen molar-refractivity contribution in [3.8, 4) is 0 Å². The van der Waals surface area contributed by atoms with Crippen LogP contribution in [-0.2, 0) is 4.74 Å². The van der Waals surface area contributed by atoms with E-state index in [1.165, 1.54) is 0 Å². The molecule has 0 saturated carbocycles.